The molecule has 0 aliphatic carbocycles. The average Bonchev–Trinajstić information content (AvgIpc) is 3.01. The number of nitrogen functional groups attached to an aromatic ring is 1. The van der Waals surface area contributed by atoms with Crippen LogP contribution in [0.2, 0.25) is 0 Å². The van der Waals surface area contributed by atoms with Crippen molar-refractivity contribution in [2.75, 3.05) is 5.73 Å². The van der Waals surface area contributed by atoms with Crippen LogP contribution >= 0.6 is 0 Å². The first kappa shape index (κ1) is 11.5. The summed E-state index contributed by atoms with van der Waals surface area (Å²) in [5.74, 6) is 1.12. The fourth-order valence-corrected chi connectivity index (χ4v) is 1.81. The Bertz CT molecular complexity index is 683. The topological polar surface area (TPSA) is 82.8 Å². The third-order valence-corrected chi connectivity index (χ3v) is 2.85. The smallest absolute Gasteiger partial charge is 0.231 e. The molecule has 0 amide bonds. The zero-order chi connectivity index (χ0) is 13.2. The first-order chi connectivity index (χ1) is 9.22. The van der Waals surface area contributed by atoms with Gasteiger partial charge < -0.3 is 14.8 Å². The summed E-state index contributed by atoms with van der Waals surface area (Å²) in [5, 5.41) is 3.96. The molecule has 3 aromatic rings. The van der Waals surface area contributed by atoms with Gasteiger partial charge in [-0.05, 0) is 17.7 Å². The van der Waals surface area contributed by atoms with Crippen molar-refractivity contribution in [2.45, 2.75) is 6.42 Å². The normalized spacial score (nSPS) is 10.8. The van der Waals surface area contributed by atoms with E-state index in [9.17, 15) is 0 Å². The highest BCUT2D eigenvalue weighted by Crippen LogP contribution is 2.16. The Balaban J connectivity index is 1.82. The zero-order valence-electron chi connectivity index (χ0n) is 10.4. The minimum absolute atomic E-state index is 0.547. The maximum Gasteiger partial charge on any atom is 0.231 e. The Kier molecular flexibility index (Phi) is 2.75. The van der Waals surface area contributed by atoms with E-state index in [-0.39, 0.29) is 0 Å². The van der Waals surface area contributed by atoms with Crippen LogP contribution < -0.4 is 5.73 Å². The van der Waals surface area contributed by atoms with Crippen molar-refractivity contribution in [3.8, 4) is 11.5 Å². The van der Waals surface area contributed by atoms with Crippen LogP contribution in [0.5, 0.6) is 0 Å². The Morgan fingerprint density at radius 3 is 2.74 bits per heavy atom. The summed E-state index contributed by atoms with van der Waals surface area (Å²) in [6.45, 7) is 0. The molecule has 0 fully saturated rings. The fraction of sp³-hybridized carbons (Fsp3) is 0.154. The molecule has 2 aromatic heterocycles. The molecule has 3 rings (SSSR count). The predicted octanol–water partition coefficient (Wildman–Crippen LogP) is 1.64. The Morgan fingerprint density at radius 2 is 2.05 bits per heavy atom. The van der Waals surface area contributed by atoms with Gasteiger partial charge in [0.05, 0.1) is 18.9 Å². The van der Waals surface area contributed by atoms with Crippen LogP contribution in [-0.2, 0) is 13.5 Å². The van der Waals surface area contributed by atoms with Crippen LogP contribution in [0, 0.1) is 0 Å². The number of aromatic nitrogens is 4. The molecule has 0 saturated heterocycles. The minimum atomic E-state index is 0.547. The molecule has 6 heteroatoms. The van der Waals surface area contributed by atoms with Gasteiger partial charge in [0.15, 0.2) is 0 Å². The summed E-state index contributed by atoms with van der Waals surface area (Å²) < 4.78 is 7.09. The van der Waals surface area contributed by atoms with E-state index < -0.39 is 0 Å². The number of imidazole rings is 1. The van der Waals surface area contributed by atoms with E-state index in [1.165, 1.54) is 0 Å². The molecule has 0 atom stereocenters. The van der Waals surface area contributed by atoms with E-state index in [1.807, 2.05) is 35.9 Å². The van der Waals surface area contributed by atoms with Crippen molar-refractivity contribution >= 4 is 5.69 Å². The molecular weight excluding hydrogens is 242 g/mol. The first-order valence-electron chi connectivity index (χ1n) is 5.86. The lowest BCUT2D eigenvalue weighted by molar-refractivity contribution is 0.385. The predicted molar refractivity (Wildman–Crippen MR) is 70.2 cm³/mol. The number of nitrogens with zero attached hydrogens (tertiary/aromatic N) is 4. The summed E-state index contributed by atoms with van der Waals surface area (Å²) in [7, 11) is 1.89. The number of aryl methyl sites for hydroxylation is 1. The van der Waals surface area contributed by atoms with Gasteiger partial charge in [-0.15, -0.1) is 0 Å². The number of benzene rings is 1. The summed E-state index contributed by atoms with van der Waals surface area (Å²) in [4.78, 5) is 8.39. The van der Waals surface area contributed by atoms with Gasteiger partial charge in [0, 0.05) is 12.7 Å². The van der Waals surface area contributed by atoms with Gasteiger partial charge >= 0.3 is 0 Å². The summed E-state index contributed by atoms with van der Waals surface area (Å²) in [6.07, 6.45) is 3.99. The van der Waals surface area contributed by atoms with Crippen LogP contribution in [-0.4, -0.2) is 19.7 Å². The highest BCUT2D eigenvalue weighted by atomic mass is 16.5. The van der Waals surface area contributed by atoms with Gasteiger partial charge in [0.2, 0.25) is 11.7 Å². The molecule has 2 N–H and O–H groups in total. The molecule has 2 heterocycles. The second kappa shape index (κ2) is 4.56. The van der Waals surface area contributed by atoms with Gasteiger partial charge in [-0.2, -0.15) is 4.98 Å². The third kappa shape index (κ3) is 2.33. The summed E-state index contributed by atoms with van der Waals surface area (Å²) in [6, 6.07) is 7.61. The maximum atomic E-state index is 5.64. The van der Waals surface area contributed by atoms with Crippen LogP contribution in [0.3, 0.4) is 0 Å². The van der Waals surface area contributed by atoms with Crippen molar-refractivity contribution in [2.24, 2.45) is 7.05 Å². The van der Waals surface area contributed by atoms with E-state index in [0.29, 0.717) is 18.1 Å². The Morgan fingerprint density at radius 1 is 1.26 bits per heavy atom. The van der Waals surface area contributed by atoms with Crippen LogP contribution in [0.25, 0.3) is 11.5 Å². The zero-order valence-corrected chi connectivity index (χ0v) is 10.4. The molecule has 1 aromatic carbocycles. The van der Waals surface area contributed by atoms with Crippen LogP contribution in [0.4, 0.5) is 5.69 Å². The van der Waals surface area contributed by atoms with Crippen molar-refractivity contribution in [3.63, 3.8) is 0 Å². The number of rotatable bonds is 3. The highest BCUT2D eigenvalue weighted by molar-refractivity contribution is 5.47. The lowest BCUT2D eigenvalue weighted by atomic mass is 10.1. The van der Waals surface area contributed by atoms with E-state index in [4.69, 9.17) is 10.3 Å². The monoisotopic (exact) mass is 255 g/mol. The fourth-order valence-electron chi connectivity index (χ4n) is 1.81. The molecule has 0 saturated carbocycles. The van der Waals surface area contributed by atoms with Crippen molar-refractivity contribution < 1.29 is 4.52 Å². The Labute approximate surface area is 109 Å². The number of hydrogen-bond donors (Lipinski definition) is 1. The quantitative estimate of drug-likeness (QED) is 0.719. The number of hydrogen-bond acceptors (Lipinski definition) is 5. The van der Waals surface area contributed by atoms with Gasteiger partial charge in [-0.25, -0.2) is 4.98 Å². The number of anilines is 1. The molecule has 19 heavy (non-hydrogen) atoms. The Hall–Kier alpha value is -2.63. The van der Waals surface area contributed by atoms with E-state index in [2.05, 4.69) is 15.1 Å². The molecule has 0 spiro atoms. The summed E-state index contributed by atoms with van der Waals surface area (Å²) in [5.41, 5.74) is 8.29. The van der Waals surface area contributed by atoms with Gasteiger partial charge in [-0.1, -0.05) is 17.3 Å². The van der Waals surface area contributed by atoms with Gasteiger partial charge in [0.25, 0.3) is 0 Å². The SMILES string of the molecule is Cn1cncc1-c1noc(Cc2ccc(N)cc2)n1. The van der Waals surface area contributed by atoms with Crippen LogP contribution in [0.1, 0.15) is 11.5 Å². The molecule has 6 nitrogen and oxygen atoms in total. The second-order valence-corrected chi connectivity index (χ2v) is 4.32. The maximum absolute atomic E-state index is 5.64. The molecular formula is C13H13N5O. The van der Waals surface area contributed by atoms with E-state index in [0.717, 1.165) is 16.9 Å². The largest absolute Gasteiger partial charge is 0.399 e. The average molecular weight is 255 g/mol. The second-order valence-electron chi connectivity index (χ2n) is 4.32. The molecule has 0 aliphatic rings. The van der Waals surface area contributed by atoms with E-state index in [1.54, 1.807) is 12.5 Å². The lowest BCUT2D eigenvalue weighted by Crippen LogP contribution is -1.92. The molecule has 96 valence electrons. The van der Waals surface area contributed by atoms with E-state index >= 15 is 0 Å². The van der Waals surface area contributed by atoms with Gasteiger partial charge in [0.1, 0.15) is 5.69 Å². The molecule has 0 aliphatic heterocycles. The lowest BCUT2D eigenvalue weighted by Gasteiger charge is -1.97. The van der Waals surface area contributed by atoms with Crippen molar-refractivity contribution in [1.29, 1.82) is 0 Å². The summed E-state index contributed by atoms with van der Waals surface area (Å²) >= 11 is 0. The molecule has 0 unspecified atom stereocenters. The van der Waals surface area contributed by atoms with Crippen molar-refractivity contribution in [1.82, 2.24) is 19.7 Å². The van der Waals surface area contributed by atoms with Crippen LogP contribution in [0.15, 0.2) is 41.3 Å². The molecule has 0 bridgehead atoms. The number of nitrogens with two attached hydrogens (primary N) is 1. The highest BCUT2D eigenvalue weighted by Gasteiger charge is 2.11. The first-order valence-corrected chi connectivity index (χ1v) is 5.86. The third-order valence-electron chi connectivity index (χ3n) is 2.85. The van der Waals surface area contributed by atoms with Gasteiger partial charge in [-0.3, -0.25) is 0 Å². The minimum Gasteiger partial charge on any atom is -0.399 e. The molecule has 0 radical (unpaired) electrons. The standard InChI is InChI=1S/C13H13N5O/c1-18-8-15-7-11(18)13-16-12(19-17-13)6-9-2-4-10(14)5-3-9/h2-5,7-8H,6,14H2,1H3. The van der Waals surface area contributed by atoms with Crippen molar-refractivity contribution in [3.05, 3.63) is 48.2 Å².